The molecule has 1 aliphatic heterocycles. The van der Waals surface area contributed by atoms with Gasteiger partial charge in [0.2, 0.25) is 0 Å². The number of hydrogen-bond acceptors (Lipinski definition) is 6. The largest absolute Gasteiger partial charge is 0.279 e. The maximum absolute atomic E-state index is 12.3. The minimum atomic E-state index is -3.67. The van der Waals surface area contributed by atoms with Crippen LogP contribution < -0.4 is 15.6 Å². The fraction of sp³-hybridized carbons (Fsp3) is 0.316. The van der Waals surface area contributed by atoms with Crippen LogP contribution in [0.25, 0.3) is 0 Å². The van der Waals surface area contributed by atoms with E-state index in [2.05, 4.69) is 20.6 Å². The Bertz CT molecular complexity index is 1100. The molecule has 2 aromatic rings. The average molecular weight is 433 g/mol. The van der Waals surface area contributed by atoms with Crippen molar-refractivity contribution in [1.82, 2.24) is 15.6 Å². The van der Waals surface area contributed by atoms with Gasteiger partial charge in [0, 0.05) is 10.4 Å². The molecule has 1 atom stereocenters. The van der Waals surface area contributed by atoms with E-state index in [1.54, 1.807) is 18.2 Å². The third kappa shape index (κ3) is 3.90. The maximum Gasteiger partial charge on any atom is 0.279 e. The first-order valence-electron chi connectivity index (χ1n) is 9.27. The predicted molar refractivity (Wildman–Crippen MR) is 109 cm³/mol. The van der Waals surface area contributed by atoms with Crippen molar-refractivity contribution in [3.8, 4) is 0 Å². The lowest BCUT2D eigenvalue weighted by molar-refractivity contribution is -0.122. The second-order valence-electron chi connectivity index (χ2n) is 6.96. The summed E-state index contributed by atoms with van der Waals surface area (Å²) in [5.41, 5.74) is 6.41. The van der Waals surface area contributed by atoms with Gasteiger partial charge in [-0.3, -0.25) is 30.2 Å². The molecule has 0 unspecified atom stereocenters. The van der Waals surface area contributed by atoms with Crippen LogP contribution in [0.1, 0.15) is 45.4 Å². The number of sulfonamides is 1. The van der Waals surface area contributed by atoms with Gasteiger partial charge in [-0.05, 0) is 56.4 Å². The molecule has 4 rings (SSSR count). The van der Waals surface area contributed by atoms with Gasteiger partial charge in [0.1, 0.15) is 11.9 Å². The molecule has 1 aromatic heterocycles. The Morgan fingerprint density at radius 1 is 1.17 bits per heavy atom. The van der Waals surface area contributed by atoms with Crippen LogP contribution in [-0.4, -0.2) is 32.1 Å². The number of nitrogens with zero attached hydrogens (tertiary/aromatic N) is 1. The van der Waals surface area contributed by atoms with Crippen LogP contribution in [0.2, 0.25) is 0 Å². The zero-order chi connectivity index (χ0) is 20.6. The molecule has 0 saturated heterocycles. The summed E-state index contributed by atoms with van der Waals surface area (Å²) in [6.07, 6.45) is 4.24. The van der Waals surface area contributed by atoms with Crippen molar-refractivity contribution in [2.75, 3.05) is 0 Å². The Balaban J connectivity index is 1.41. The number of carbonyl (C=O) groups excluding carboxylic acids is 2. The zero-order valence-corrected chi connectivity index (χ0v) is 17.3. The van der Waals surface area contributed by atoms with Gasteiger partial charge in [-0.1, -0.05) is 12.1 Å². The highest BCUT2D eigenvalue weighted by Crippen LogP contribution is 2.29. The molecule has 152 valence electrons. The molecule has 0 bridgehead atoms. The van der Waals surface area contributed by atoms with Crippen molar-refractivity contribution in [3.05, 3.63) is 51.2 Å². The molecule has 10 heteroatoms. The average Bonchev–Trinajstić information content (AvgIpc) is 3.25. The highest BCUT2D eigenvalue weighted by molar-refractivity contribution is 7.90. The van der Waals surface area contributed by atoms with Gasteiger partial charge in [0.25, 0.3) is 21.8 Å². The lowest BCUT2D eigenvalue weighted by Crippen LogP contribution is -2.45. The highest BCUT2D eigenvalue weighted by Gasteiger charge is 2.31. The van der Waals surface area contributed by atoms with E-state index in [0.717, 1.165) is 25.7 Å². The molecule has 2 amide bonds. The minimum Gasteiger partial charge on any atom is -0.271 e. The van der Waals surface area contributed by atoms with Gasteiger partial charge >= 0.3 is 0 Å². The van der Waals surface area contributed by atoms with E-state index in [1.165, 1.54) is 34.8 Å². The van der Waals surface area contributed by atoms with Crippen LogP contribution in [0, 0.1) is 0 Å². The fourth-order valence-electron chi connectivity index (χ4n) is 3.37. The summed E-state index contributed by atoms with van der Waals surface area (Å²) < 4.78 is 26.6. The number of nitrogens with one attached hydrogen (secondary N) is 3. The SMILES string of the molecule is C[C@H](N=C1NS(=O)(=O)c2ccccc21)C(=O)NNC(=O)c1cc2c(s1)CCCC2. The summed E-state index contributed by atoms with van der Waals surface area (Å²) in [7, 11) is -3.67. The second-order valence-corrected chi connectivity index (χ2v) is 9.75. The molecule has 3 N–H and O–H groups in total. The van der Waals surface area contributed by atoms with E-state index >= 15 is 0 Å². The summed E-state index contributed by atoms with van der Waals surface area (Å²) in [5.74, 6) is -0.805. The standard InChI is InChI=1S/C19H20N4O4S2/c1-11(20-17-13-7-3-5-9-16(13)29(26,27)23-17)18(24)21-22-19(25)15-10-12-6-2-4-8-14(12)28-15/h3,5,7,9-11H,2,4,6,8H2,1H3,(H,20,23)(H,21,24)(H,22,25)/t11-/m0/s1. The summed E-state index contributed by atoms with van der Waals surface area (Å²) in [6, 6.07) is 7.39. The number of amidine groups is 1. The van der Waals surface area contributed by atoms with Crippen molar-refractivity contribution in [3.63, 3.8) is 0 Å². The number of amides is 2. The van der Waals surface area contributed by atoms with Crippen molar-refractivity contribution >= 4 is 39.0 Å². The molecule has 0 radical (unpaired) electrons. The first-order valence-corrected chi connectivity index (χ1v) is 11.6. The number of carbonyl (C=O) groups is 2. The van der Waals surface area contributed by atoms with Crippen LogP contribution in [0.3, 0.4) is 0 Å². The Hall–Kier alpha value is -2.72. The number of hydrazine groups is 1. The molecule has 2 heterocycles. The molecule has 29 heavy (non-hydrogen) atoms. The molecule has 0 spiro atoms. The quantitative estimate of drug-likeness (QED) is 0.638. The Morgan fingerprint density at radius 3 is 2.72 bits per heavy atom. The molecular formula is C19H20N4O4S2. The lowest BCUT2D eigenvalue weighted by atomic mass is 9.99. The van der Waals surface area contributed by atoms with Crippen molar-refractivity contribution in [2.45, 2.75) is 43.5 Å². The molecule has 2 aliphatic rings. The van der Waals surface area contributed by atoms with E-state index in [1.807, 2.05) is 6.07 Å². The number of aryl methyl sites for hydroxylation is 2. The summed E-state index contributed by atoms with van der Waals surface area (Å²) in [5, 5.41) is 0. The van der Waals surface area contributed by atoms with E-state index in [0.29, 0.717) is 10.4 Å². The summed E-state index contributed by atoms with van der Waals surface area (Å²) >= 11 is 1.45. The number of rotatable bonds is 3. The monoisotopic (exact) mass is 432 g/mol. The Kier molecular flexibility index (Phi) is 5.13. The summed E-state index contributed by atoms with van der Waals surface area (Å²) in [4.78, 5) is 30.8. The van der Waals surface area contributed by atoms with Gasteiger partial charge in [-0.2, -0.15) is 0 Å². The number of benzene rings is 1. The predicted octanol–water partition coefficient (Wildman–Crippen LogP) is 1.52. The molecular weight excluding hydrogens is 412 g/mol. The van der Waals surface area contributed by atoms with Crippen LogP contribution in [0.15, 0.2) is 40.2 Å². The minimum absolute atomic E-state index is 0.112. The maximum atomic E-state index is 12.3. The highest BCUT2D eigenvalue weighted by atomic mass is 32.2. The van der Waals surface area contributed by atoms with Gasteiger partial charge in [0.15, 0.2) is 0 Å². The van der Waals surface area contributed by atoms with Crippen LogP contribution >= 0.6 is 11.3 Å². The van der Waals surface area contributed by atoms with Gasteiger partial charge in [0.05, 0.1) is 9.77 Å². The van der Waals surface area contributed by atoms with Crippen molar-refractivity contribution in [1.29, 1.82) is 0 Å². The third-order valence-electron chi connectivity index (χ3n) is 4.88. The normalized spacial score (nSPS) is 19.0. The van der Waals surface area contributed by atoms with E-state index in [4.69, 9.17) is 0 Å². The molecule has 1 aromatic carbocycles. The van der Waals surface area contributed by atoms with E-state index < -0.39 is 22.0 Å². The zero-order valence-electron chi connectivity index (χ0n) is 15.7. The first kappa shape index (κ1) is 19.6. The number of fused-ring (bicyclic) bond motifs is 2. The van der Waals surface area contributed by atoms with E-state index in [-0.39, 0.29) is 16.6 Å². The Morgan fingerprint density at radius 2 is 1.93 bits per heavy atom. The first-order chi connectivity index (χ1) is 13.8. The fourth-order valence-corrected chi connectivity index (χ4v) is 5.76. The van der Waals surface area contributed by atoms with Crippen LogP contribution in [0.4, 0.5) is 0 Å². The van der Waals surface area contributed by atoms with Gasteiger partial charge in [-0.15, -0.1) is 11.3 Å². The number of thiophene rings is 1. The van der Waals surface area contributed by atoms with Gasteiger partial charge in [-0.25, -0.2) is 8.42 Å². The molecule has 1 aliphatic carbocycles. The number of aliphatic imine (C=N–C) groups is 1. The molecule has 0 fully saturated rings. The number of hydrogen-bond donors (Lipinski definition) is 3. The lowest BCUT2D eigenvalue weighted by Gasteiger charge is -2.10. The van der Waals surface area contributed by atoms with Crippen LogP contribution in [-0.2, 0) is 27.7 Å². The van der Waals surface area contributed by atoms with E-state index in [9.17, 15) is 18.0 Å². The van der Waals surface area contributed by atoms with Crippen LogP contribution in [0.5, 0.6) is 0 Å². The van der Waals surface area contributed by atoms with Crippen molar-refractivity contribution in [2.24, 2.45) is 4.99 Å². The molecule has 8 nitrogen and oxygen atoms in total. The molecule has 0 saturated carbocycles. The van der Waals surface area contributed by atoms with Gasteiger partial charge < -0.3 is 0 Å². The van der Waals surface area contributed by atoms with Crippen molar-refractivity contribution < 1.29 is 18.0 Å². The smallest absolute Gasteiger partial charge is 0.271 e. The summed E-state index contributed by atoms with van der Waals surface area (Å²) in [6.45, 7) is 1.52. The second kappa shape index (κ2) is 7.60. The topological polar surface area (TPSA) is 117 Å². The Labute approximate surface area is 172 Å². The third-order valence-corrected chi connectivity index (χ3v) is 7.52.